The van der Waals surface area contributed by atoms with E-state index >= 15 is 0 Å². The van der Waals surface area contributed by atoms with Gasteiger partial charge in [-0.2, -0.15) is 4.31 Å². The van der Waals surface area contributed by atoms with Gasteiger partial charge in [0.15, 0.2) is 18.1 Å². The first kappa shape index (κ1) is 21.5. The lowest BCUT2D eigenvalue weighted by Gasteiger charge is -2.20. The molecule has 1 saturated heterocycles. The van der Waals surface area contributed by atoms with Gasteiger partial charge in [-0.3, -0.25) is 4.79 Å². The van der Waals surface area contributed by atoms with Crippen LogP contribution in [-0.2, 0) is 21.4 Å². The molecule has 0 spiro atoms. The molecule has 8 nitrogen and oxygen atoms in total. The second-order valence-corrected chi connectivity index (χ2v) is 9.48. The molecule has 1 fully saturated rings. The number of hydrogen-bond acceptors (Lipinski definition) is 6. The Morgan fingerprint density at radius 1 is 0.968 bits per heavy atom. The number of hydrogen-bond donors (Lipinski definition) is 1. The van der Waals surface area contributed by atoms with E-state index in [1.807, 2.05) is 18.2 Å². The Hall–Kier alpha value is -2.78. The van der Waals surface area contributed by atoms with Crippen molar-refractivity contribution in [2.45, 2.75) is 37.1 Å². The highest BCUT2D eigenvalue weighted by Crippen LogP contribution is 2.32. The number of nitrogens with zero attached hydrogens (tertiary/aromatic N) is 1. The minimum atomic E-state index is -3.50. The highest BCUT2D eigenvalue weighted by molar-refractivity contribution is 7.89. The summed E-state index contributed by atoms with van der Waals surface area (Å²) >= 11 is 0. The number of carbonyl (C=O) groups excluding carboxylic acids is 1. The number of ether oxygens (including phenoxy) is 3. The molecule has 0 aromatic heterocycles. The van der Waals surface area contributed by atoms with E-state index in [-0.39, 0.29) is 24.2 Å². The van der Waals surface area contributed by atoms with E-state index in [9.17, 15) is 13.2 Å². The van der Waals surface area contributed by atoms with Crippen molar-refractivity contribution in [1.29, 1.82) is 0 Å². The first-order chi connectivity index (χ1) is 15.0. The van der Waals surface area contributed by atoms with Crippen LogP contribution in [0.15, 0.2) is 47.4 Å². The topological polar surface area (TPSA) is 94.2 Å². The first-order valence-electron chi connectivity index (χ1n) is 10.4. The van der Waals surface area contributed by atoms with Crippen LogP contribution in [-0.4, -0.2) is 45.1 Å². The summed E-state index contributed by atoms with van der Waals surface area (Å²) in [5.41, 5.74) is 0.890. The maximum atomic E-state index is 12.8. The fourth-order valence-electron chi connectivity index (χ4n) is 3.59. The van der Waals surface area contributed by atoms with Gasteiger partial charge in [0.25, 0.3) is 5.91 Å². The van der Waals surface area contributed by atoms with Gasteiger partial charge in [0.1, 0.15) is 5.75 Å². The van der Waals surface area contributed by atoms with Gasteiger partial charge in [-0.1, -0.05) is 18.9 Å². The molecule has 1 N–H and O–H groups in total. The molecule has 166 valence electrons. The average molecular weight is 447 g/mol. The normalized spacial score (nSPS) is 16.5. The Morgan fingerprint density at radius 3 is 2.42 bits per heavy atom. The van der Waals surface area contributed by atoms with Gasteiger partial charge in [0, 0.05) is 19.6 Å². The fourth-order valence-corrected chi connectivity index (χ4v) is 5.11. The monoisotopic (exact) mass is 446 g/mol. The SMILES string of the molecule is O=C(COc1ccc(S(=O)(=O)N2CCCCCC2)cc1)NCc1ccc2c(c1)OCO2. The number of benzene rings is 2. The van der Waals surface area contributed by atoms with E-state index in [1.165, 1.54) is 12.1 Å². The molecular formula is C22H26N2O6S. The summed E-state index contributed by atoms with van der Waals surface area (Å²) in [5, 5.41) is 2.78. The van der Waals surface area contributed by atoms with Crippen molar-refractivity contribution >= 4 is 15.9 Å². The Kier molecular flexibility index (Phi) is 6.62. The molecule has 2 aliphatic heterocycles. The van der Waals surface area contributed by atoms with Crippen LogP contribution < -0.4 is 19.5 Å². The second kappa shape index (κ2) is 9.57. The molecule has 0 atom stereocenters. The molecule has 2 aromatic rings. The number of sulfonamides is 1. The molecule has 0 radical (unpaired) electrons. The molecular weight excluding hydrogens is 420 g/mol. The van der Waals surface area contributed by atoms with Gasteiger partial charge < -0.3 is 19.5 Å². The van der Waals surface area contributed by atoms with Crippen LogP contribution in [0.4, 0.5) is 0 Å². The summed E-state index contributed by atoms with van der Waals surface area (Å²) in [6, 6.07) is 11.7. The summed E-state index contributed by atoms with van der Waals surface area (Å²) in [5.74, 6) is 1.52. The summed E-state index contributed by atoms with van der Waals surface area (Å²) in [7, 11) is -3.50. The Morgan fingerprint density at radius 2 is 1.68 bits per heavy atom. The van der Waals surface area contributed by atoms with Crippen molar-refractivity contribution in [1.82, 2.24) is 9.62 Å². The van der Waals surface area contributed by atoms with Crippen LogP contribution in [0, 0.1) is 0 Å². The predicted molar refractivity (Wildman–Crippen MR) is 114 cm³/mol. The maximum Gasteiger partial charge on any atom is 0.258 e. The van der Waals surface area contributed by atoms with E-state index in [4.69, 9.17) is 14.2 Å². The van der Waals surface area contributed by atoms with Crippen LogP contribution in [0.5, 0.6) is 17.2 Å². The number of carbonyl (C=O) groups is 1. The quantitative estimate of drug-likeness (QED) is 0.703. The smallest absolute Gasteiger partial charge is 0.258 e. The molecule has 4 rings (SSSR count). The van der Waals surface area contributed by atoms with E-state index in [2.05, 4.69) is 5.32 Å². The van der Waals surface area contributed by atoms with E-state index < -0.39 is 10.0 Å². The van der Waals surface area contributed by atoms with Gasteiger partial charge >= 0.3 is 0 Å². The highest BCUT2D eigenvalue weighted by Gasteiger charge is 2.25. The minimum absolute atomic E-state index is 0.164. The Bertz CT molecular complexity index is 1010. The Balaban J connectivity index is 1.27. The molecule has 9 heteroatoms. The second-order valence-electron chi connectivity index (χ2n) is 7.54. The summed E-state index contributed by atoms with van der Waals surface area (Å²) in [6.45, 7) is 1.50. The van der Waals surface area contributed by atoms with Crippen molar-refractivity contribution in [2.24, 2.45) is 0 Å². The lowest BCUT2D eigenvalue weighted by molar-refractivity contribution is -0.123. The third-order valence-corrected chi connectivity index (χ3v) is 7.24. The summed E-state index contributed by atoms with van der Waals surface area (Å²) < 4.78 is 43.3. The molecule has 0 aliphatic carbocycles. The van der Waals surface area contributed by atoms with Gasteiger partial charge in [-0.15, -0.1) is 0 Å². The molecule has 0 unspecified atom stereocenters. The molecule has 31 heavy (non-hydrogen) atoms. The van der Waals surface area contributed by atoms with E-state index in [0.717, 1.165) is 31.2 Å². The third-order valence-electron chi connectivity index (χ3n) is 5.32. The van der Waals surface area contributed by atoms with Crippen LogP contribution >= 0.6 is 0 Å². The third kappa shape index (κ3) is 5.29. The average Bonchev–Trinajstić information content (AvgIpc) is 3.07. The predicted octanol–water partition coefficient (Wildman–Crippen LogP) is 2.68. The molecule has 0 bridgehead atoms. The zero-order chi connectivity index (χ0) is 21.7. The van der Waals surface area contributed by atoms with Crippen molar-refractivity contribution in [3.63, 3.8) is 0 Å². The molecule has 0 saturated carbocycles. The summed E-state index contributed by atoms with van der Waals surface area (Å²) in [4.78, 5) is 12.3. The van der Waals surface area contributed by atoms with Gasteiger partial charge in [-0.05, 0) is 54.8 Å². The van der Waals surface area contributed by atoms with Crippen molar-refractivity contribution in [3.8, 4) is 17.2 Å². The highest BCUT2D eigenvalue weighted by atomic mass is 32.2. The van der Waals surface area contributed by atoms with Gasteiger partial charge in [-0.25, -0.2) is 8.42 Å². The number of fused-ring (bicyclic) bond motifs is 1. The van der Waals surface area contributed by atoms with Crippen molar-refractivity contribution < 1.29 is 27.4 Å². The number of rotatable bonds is 7. The van der Waals surface area contributed by atoms with Gasteiger partial charge in [0.05, 0.1) is 4.90 Å². The lowest BCUT2D eigenvalue weighted by atomic mass is 10.2. The van der Waals surface area contributed by atoms with Crippen LogP contribution in [0.2, 0.25) is 0 Å². The first-order valence-corrected chi connectivity index (χ1v) is 11.8. The molecule has 2 aliphatic rings. The zero-order valence-corrected chi connectivity index (χ0v) is 18.0. The zero-order valence-electron chi connectivity index (χ0n) is 17.2. The lowest BCUT2D eigenvalue weighted by Crippen LogP contribution is -2.31. The van der Waals surface area contributed by atoms with E-state index in [1.54, 1.807) is 16.4 Å². The van der Waals surface area contributed by atoms with Crippen LogP contribution in [0.1, 0.15) is 31.2 Å². The fraction of sp³-hybridized carbons (Fsp3) is 0.409. The minimum Gasteiger partial charge on any atom is -0.484 e. The van der Waals surface area contributed by atoms with Crippen molar-refractivity contribution in [2.75, 3.05) is 26.5 Å². The standard InChI is InChI=1S/C22H26N2O6S/c25-22(23-14-17-5-10-20-21(13-17)30-16-29-20)15-28-18-6-8-19(9-7-18)31(26,27)24-11-3-1-2-4-12-24/h5-10,13H,1-4,11-12,14-16H2,(H,23,25). The Labute approximate surface area is 182 Å². The van der Waals surface area contributed by atoms with Crippen molar-refractivity contribution in [3.05, 3.63) is 48.0 Å². The number of amides is 1. The number of nitrogens with one attached hydrogen (secondary N) is 1. The molecule has 2 heterocycles. The molecule has 1 amide bonds. The largest absolute Gasteiger partial charge is 0.484 e. The van der Waals surface area contributed by atoms with Crippen LogP contribution in [0.25, 0.3) is 0 Å². The maximum absolute atomic E-state index is 12.8. The summed E-state index contributed by atoms with van der Waals surface area (Å²) in [6.07, 6.45) is 3.91. The van der Waals surface area contributed by atoms with Gasteiger partial charge in [0.2, 0.25) is 16.8 Å². The van der Waals surface area contributed by atoms with Crippen LogP contribution in [0.3, 0.4) is 0 Å². The molecule has 2 aromatic carbocycles. The van der Waals surface area contributed by atoms with E-state index in [0.29, 0.717) is 36.9 Å².